The third kappa shape index (κ3) is 18.3. The van der Waals surface area contributed by atoms with Gasteiger partial charge in [-0.1, -0.05) is 103 Å². The van der Waals surface area contributed by atoms with Gasteiger partial charge in [-0.15, -0.1) is 0 Å². The van der Waals surface area contributed by atoms with E-state index < -0.39 is 26.0 Å². The SMILES string of the molecule is CCCCCCCCCCCCCCCCCCOC[C@H](CO)OP(=O)(O)C(=O)O. The van der Waals surface area contributed by atoms with Crippen LogP contribution < -0.4 is 0 Å². The molecule has 0 bridgehead atoms. The molecule has 8 heteroatoms. The Labute approximate surface area is 183 Å². The van der Waals surface area contributed by atoms with E-state index in [0.717, 1.165) is 19.3 Å². The van der Waals surface area contributed by atoms with Gasteiger partial charge >= 0.3 is 13.3 Å². The lowest BCUT2D eigenvalue weighted by Gasteiger charge is -2.17. The second kappa shape index (κ2) is 20.4. The molecular formula is C22H45O7P. The molecule has 0 aliphatic carbocycles. The largest absolute Gasteiger partial charge is 0.472 e. The molecule has 0 radical (unpaired) electrons. The van der Waals surface area contributed by atoms with E-state index in [9.17, 15) is 9.36 Å². The second-order valence-corrected chi connectivity index (χ2v) is 9.73. The Morgan fingerprint density at radius 1 is 0.800 bits per heavy atom. The quantitative estimate of drug-likeness (QED) is 0.120. The Hall–Kier alpha value is -0.460. The van der Waals surface area contributed by atoms with E-state index >= 15 is 0 Å². The lowest BCUT2D eigenvalue weighted by atomic mass is 10.0. The number of rotatable bonds is 23. The highest BCUT2D eigenvalue weighted by atomic mass is 31.2. The van der Waals surface area contributed by atoms with Crippen LogP contribution in [0.15, 0.2) is 0 Å². The molecule has 0 rings (SSSR count). The van der Waals surface area contributed by atoms with Crippen LogP contribution >= 0.6 is 7.60 Å². The van der Waals surface area contributed by atoms with Crippen LogP contribution in [-0.4, -0.2) is 46.7 Å². The standard InChI is InChI=1S/C22H45O7P/c1-2-3-4-5-6-7-8-9-10-11-12-13-14-15-16-17-18-28-20-21(19-23)29-30(26,27)22(24)25/h21,23H,2-20H2,1H3,(H,24,25)(H,26,27)/t21-/m0/s1. The van der Waals surface area contributed by atoms with Gasteiger partial charge < -0.3 is 19.8 Å². The maximum absolute atomic E-state index is 11.2. The fourth-order valence-corrected chi connectivity index (χ4v) is 3.95. The molecule has 0 fully saturated rings. The summed E-state index contributed by atoms with van der Waals surface area (Å²) in [5.41, 5.74) is -1.93. The van der Waals surface area contributed by atoms with E-state index in [1.165, 1.54) is 83.5 Å². The highest BCUT2D eigenvalue weighted by Crippen LogP contribution is 2.43. The molecule has 7 nitrogen and oxygen atoms in total. The van der Waals surface area contributed by atoms with Gasteiger partial charge in [0.15, 0.2) is 0 Å². The van der Waals surface area contributed by atoms with Gasteiger partial charge in [0.25, 0.3) is 0 Å². The topological polar surface area (TPSA) is 113 Å². The van der Waals surface area contributed by atoms with Gasteiger partial charge in [0.05, 0.1) is 13.2 Å². The molecular weight excluding hydrogens is 407 g/mol. The molecule has 0 amide bonds. The van der Waals surface area contributed by atoms with Crippen LogP contribution in [0.1, 0.15) is 110 Å². The third-order valence-corrected chi connectivity index (χ3v) is 6.25. The number of ether oxygens (including phenoxy) is 1. The van der Waals surface area contributed by atoms with Crippen molar-refractivity contribution in [3.8, 4) is 0 Å². The smallest absolute Gasteiger partial charge is 0.436 e. The van der Waals surface area contributed by atoms with Crippen LogP contribution in [0.2, 0.25) is 0 Å². The summed E-state index contributed by atoms with van der Waals surface area (Å²) in [7, 11) is -4.75. The summed E-state index contributed by atoms with van der Waals surface area (Å²) in [4.78, 5) is 19.7. The van der Waals surface area contributed by atoms with Crippen LogP contribution in [0.5, 0.6) is 0 Å². The summed E-state index contributed by atoms with van der Waals surface area (Å²) >= 11 is 0. The van der Waals surface area contributed by atoms with Crippen LogP contribution in [0.25, 0.3) is 0 Å². The molecule has 1 unspecified atom stereocenters. The zero-order chi connectivity index (χ0) is 22.5. The molecule has 180 valence electrons. The van der Waals surface area contributed by atoms with Gasteiger partial charge in [0.2, 0.25) is 0 Å². The maximum atomic E-state index is 11.2. The monoisotopic (exact) mass is 452 g/mol. The van der Waals surface area contributed by atoms with Crippen molar-refractivity contribution < 1.29 is 33.7 Å². The molecule has 0 aromatic heterocycles. The number of aliphatic hydroxyl groups excluding tert-OH is 1. The summed E-state index contributed by atoms with van der Waals surface area (Å²) in [5.74, 6) is 0. The first-order chi connectivity index (χ1) is 14.4. The fraction of sp³-hybridized carbons (Fsp3) is 0.955. The summed E-state index contributed by atoms with van der Waals surface area (Å²) < 4.78 is 21.1. The highest BCUT2D eigenvalue weighted by Gasteiger charge is 2.33. The lowest BCUT2D eigenvalue weighted by Crippen LogP contribution is -2.24. The average Bonchev–Trinajstić information content (AvgIpc) is 2.71. The van der Waals surface area contributed by atoms with Crippen molar-refractivity contribution in [3.63, 3.8) is 0 Å². The summed E-state index contributed by atoms with van der Waals surface area (Å²) in [6.45, 7) is 2.04. The predicted octanol–water partition coefficient (Wildman–Crippen LogP) is 6.51. The lowest BCUT2D eigenvalue weighted by molar-refractivity contribution is 0.0139. The van der Waals surface area contributed by atoms with Gasteiger partial charge in [-0.25, -0.2) is 9.36 Å². The molecule has 0 aliphatic heterocycles. The van der Waals surface area contributed by atoms with E-state index in [2.05, 4.69) is 11.4 Å². The Morgan fingerprint density at radius 3 is 1.57 bits per heavy atom. The molecule has 0 aliphatic rings. The summed E-state index contributed by atoms with van der Waals surface area (Å²) in [6, 6.07) is 0. The second-order valence-electron chi connectivity index (χ2n) is 8.09. The van der Waals surface area contributed by atoms with Crippen molar-refractivity contribution in [2.45, 2.75) is 116 Å². The number of hydrogen-bond acceptors (Lipinski definition) is 5. The molecule has 0 heterocycles. The Morgan fingerprint density at radius 2 is 1.20 bits per heavy atom. The Balaban J connectivity index is 3.34. The number of carbonyl (C=O) groups is 1. The van der Waals surface area contributed by atoms with Crippen molar-refractivity contribution in [2.75, 3.05) is 19.8 Å². The first-order valence-corrected chi connectivity index (χ1v) is 13.4. The average molecular weight is 453 g/mol. The summed E-state index contributed by atoms with van der Waals surface area (Å²) in [5, 5.41) is 17.6. The molecule has 0 spiro atoms. The third-order valence-electron chi connectivity index (χ3n) is 5.18. The minimum atomic E-state index is -4.75. The number of unbranched alkanes of at least 4 members (excludes halogenated alkanes) is 15. The van der Waals surface area contributed by atoms with Crippen molar-refractivity contribution in [2.24, 2.45) is 0 Å². The highest BCUT2D eigenvalue weighted by molar-refractivity contribution is 7.70. The van der Waals surface area contributed by atoms with Gasteiger partial charge in [-0.3, -0.25) is 4.52 Å². The Bertz CT molecular complexity index is 445. The first kappa shape index (κ1) is 29.5. The van der Waals surface area contributed by atoms with Crippen LogP contribution in [0, 0.1) is 0 Å². The molecule has 0 aromatic carbocycles. The van der Waals surface area contributed by atoms with E-state index in [1.807, 2.05) is 0 Å². The first-order valence-electron chi connectivity index (χ1n) is 11.9. The fourth-order valence-electron chi connectivity index (χ4n) is 3.33. The maximum Gasteiger partial charge on any atom is 0.436 e. The minimum Gasteiger partial charge on any atom is -0.472 e. The van der Waals surface area contributed by atoms with Gasteiger partial charge in [-0.05, 0) is 6.42 Å². The number of aliphatic hydroxyl groups is 1. The van der Waals surface area contributed by atoms with E-state index in [1.54, 1.807) is 0 Å². The van der Waals surface area contributed by atoms with Crippen molar-refractivity contribution in [1.29, 1.82) is 0 Å². The zero-order valence-electron chi connectivity index (χ0n) is 18.9. The van der Waals surface area contributed by atoms with Crippen molar-refractivity contribution >= 4 is 13.3 Å². The van der Waals surface area contributed by atoms with Crippen LogP contribution in [0.3, 0.4) is 0 Å². The van der Waals surface area contributed by atoms with Crippen molar-refractivity contribution in [3.05, 3.63) is 0 Å². The minimum absolute atomic E-state index is 0.104. The summed E-state index contributed by atoms with van der Waals surface area (Å²) in [6.07, 6.45) is 19.6. The Kier molecular flexibility index (Phi) is 20.1. The van der Waals surface area contributed by atoms with Crippen LogP contribution in [-0.2, 0) is 13.8 Å². The van der Waals surface area contributed by atoms with Gasteiger partial charge in [-0.2, -0.15) is 0 Å². The normalized spacial score (nSPS) is 14.5. The molecule has 30 heavy (non-hydrogen) atoms. The molecule has 2 atom stereocenters. The van der Waals surface area contributed by atoms with E-state index in [-0.39, 0.29) is 6.61 Å². The predicted molar refractivity (Wildman–Crippen MR) is 120 cm³/mol. The van der Waals surface area contributed by atoms with Crippen molar-refractivity contribution in [1.82, 2.24) is 0 Å². The molecule has 0 saturated heterocycles. The molecule has 3 N–H and O–H groups in total. The number of hydrogen-bond donors (Lipinski definition) is 3. The zero-order valence-corrected chi connectivity index (χ0v) is 19.8. The molecule has 0 aromatic rings. The van der Waals surface area contributed by atoms with Gasteiger partial charge in [0.1, 0.15) is 6.10 Å². The van der Waals surface area contributed by atoms with E-state index in [0.29, 0.717) is 6.61 Å². The van der Waals surface area contributed by atoms with E-state index in [4.69, 9.17) is 19.8 Å². The van der Waals surface area contributed by atoms with Crippen LogP contribution in [0.4, 0.5) is 4.79 Å². The number of carboxylic acid groups (broad SMARTS) is 1. The van der Waals surface area contributed by atoms with Gasteiger partial charge in [0, 0.05) is 6.61 Å². The molecule has 0 saturated carbocycles.